The van der Waals surface area contributed by atoms with E-state index in [1.165, 1.54) is 4.68 Å². The molecule has 13 nitrogen and oxygen atoms in total. The summed E-state index contributed by atoms with van der Waals surface area (Å²) in [5, 5.41) is 19.5. The average molecular weight is 461 g/mol. The number of primary amides is 1. The number of nitrogens with one attached hydrogen (secondary N) is 1. The summed E-state index contributed by atoms with van der Waals surface area (Å²) in [6, 6.07) is 15.8. The number of ether oxygens (including phenoxy) is 1. The third-order valence-corrected chi connectivity index (χ3v) is 4.61. The molecule has 0 aliphatic rings. The number of benzene rings is 2. The van der Waals surface area contributed by atoms with Crippen LogP contribution in [-0.2, 0) is 4.79 Å². The van der Waals surface area contributed by atoms with Gasteiger partial charge in [-0.2, -0.15) is 9.78 Å². The van der Waals surface area contributed by atoms with E-state index in [9.17, 15) is 9.59 Å². The van der Waals surface area contributed by atoms with Gasteiger partial charge in [-0.05, 0) is 47.1 Å². The second kappa shape index (κ2) is 9.60. The summed E-state index contributed by atoms with van der Waals surface area (Å²) in [6.07, 6.45) is 0. The largest absolute Gasteiger partial charge is 0.484 e. The minimum absolute atomic E-state index is 0.000324. The SMILES string of the molecule is CC(=NNC(=O)c1nnn(-c2nonc2N)c1-c1ccccc1)c1ccc(OCC(N)=O)cc1. The number of hydrogen-bond acceptors (Lipinski definition) is 10. The molecule has 0 radical (unpaired) electrons. The second-order valence-electron chi connectivity index (χ2n) is 6.96. The van der Waals surface area contributed by atoms with E-state index in [1.54, 1.807) is 55.5 Å². The Morgan fingerprint density at radius 3 is 2.50 bits per heavy atom. The normalized spacial score (nSPS) is 11.3. The van der Waals surface area contributed by atoms with Crippen LogP contribution >= 0.6 is 0 Å². The number of rotatable bonds is 8. The maximum absolute atomic E-state index is 13.0. The predicted molar refractivity (Wildman–Crippen MR) is 120 cm³/mol. The molecule has 0 unspecified atom stereocenters. The highest BCUT2D eigenvalue weighted by atomic mass is 16.6. The first-order valence-electron chi connectivity index (χ1n) is 9.89. The van der Waals surface area contributed by atoms with Crippen LogP contribution in [0.25, 0.3) is 17.1 Å². The van der Waals surface area contributed by atoms with Crippen LogP contribution in [0, 0.1) is 0 Å². The Hall–Kier alpha value is -5.07. The summed E-state index contributed by atoms with van der Waals surface area (Å²) < 4.78 is 11.2. The second-order valence-corrected chi connectivity index (χ2v) is 6.96. The molecular weight excluding hydrogens is 442 g/mol. The van der Waals surface area contributed by atoms with Crippen LogP contribution in [-0.4, -0.2) is 49.4 Å². The number of hydrogen-bond donors (Lipinski definition) is 3. The molecule has 2 heterocycles. The number of nitrogens with two attached hydrogens (primary N) is 2. The van der Waals surface area contributed by atoms with Crippen molar-refractivity contribution in [2.45, 2.75) is 6.92 Å². The molecule has 13 heteroatoms. The number of hydrazone groups is 1. The molecule has 4 rings (SSSR count). The van der Waals surface area contributed by atoms with Gasteiger partial charge in [-0.25, -0.2) is 10.1 Å². The van der Waals surface area contributed by atoms with Gasteiger partial charge in [-0.3, -0.25) is 9.59 Å². The summed E-state index contributed by atoms with van der Waals surface area (Å²) in [5.41, 5.74) is 15.6. The van der Waals surface area contributed by atoms with Crippen molar-refractivity contribution < 1.29 is 19.0 Å². The van der Waals surface area contributed by atoms with Crippen molar-refractivity contribution in [1.29, 1.82) is 0 Å². The molecule has 2 amide bonds. The highest BCUT2D eigenvalue weighted by Gasteiger charge is 2.25. The maximum Gasteiger partial charge on any atom is 0.294 e. The van der Waals surface area contributed by atoms with E-state index >= 15 is 0 Å². The summed E-state index contributed by atoms with van der Waals surface area (Å²) in [7, 11) is 0. The maximum atomic E-state index is 13.0. The Bertz CT molecular complexity index is 1340. The van der Waals surface area contributed by atoms with Gasteiger partial charge >= 0.3 is 0 Å². The summed E-state index contributed by atoms with van der Waals surface area (Å²) >= 11 is 0. The topological polar surface area (TPSA) is 189 Å². The number of anilines is 1. The van der Waals surface area contributed by atoms with Crippen LogP contribution in [0.3, 0.4) is 0 Å². The molecule has 172 valence electrons. The average Bonchev–Trinajstić information content (AvgIpc) is 3.47. The standard InChI is InChI=1S/C21H19N9O4/c1-12(13-7-9-15(10-8-13)33-11-16(22)31)24-26-21(32)17-18(14-5-3-2-4-6-14)30(29-25-17)20-19(23)27-34-28-20/h2-10H,11H2,1H3,(H2,22,31)(H2,23,27)(H,26,32). The zero-order valence-corrected chi connectivity index (χ0v) is 17.9. The van der Waals surface area contributed by atoms with Gasteiger partial charge in [0.2, 0.25) is 11.6 Å². The van der Waals surface area contributed by atoms with Crippen molar-refractivity contribution in [2.75, 3.05) is 12.3 Å². The van der Waals surface area contributed by atoms with Crippen LogP contribution in [0.1, 0.15) is 23.0 Å². The lowest BCUT2D eigenvalue weighted by atomic mass is 10.1. The lowest BCUT2D eigenvalue weighted by Crippen LogP contribution is -2.21. The van der Waals surface area contributed by atoms with Gasteiger partial charge in [-0.1, -0.05) is 35.5 Å². The van der Waals surface area contributed by atoms with E-state index in [2.05, 4.69) is 35.8 Å². The van der Waals surface area contributed by atoms with Gasteiger partial charge in [-0.15, -0.1) is 5.10 Å². The molecule has 0 saturated heterocycles. The van der Waals surface area contributed by atoms with Crippen molar-refractivity contribution in [3.63, 3.8) is 0 Å². The summed E-state index contributed by atoms with van der Waals surface area (Å²) in [4.78, 5) is 23.8. The van der Waals surface area contributed by atoms with Crippen LogP contribution in [0.2, 0.25) is 0 Å². The Kier molecular flexibility index (Phi) is 6.25. The van der Waals surface area contributed by atoms with Crippen molar-refractivity contribution in [1.82, 2.24) is 30.7 Å². The van der Waals surface area contributed by atoms with E-state index < -0.39 is 11.8 Å². The zero-order valence-electron chi connectivity index (χ0n) is 17.9. The van der Waals surface area contributed by atoms with Crippen molar-refractivity contribution in [3.8, 4) is 22.8 Å². The molecular formula is C21H19N9O4. The third-order valence-electron chi connectivity index (χ3n) is 4.61. The molecule has 0 spiro atoms. The fraction of sp³-hybridized carbons (Fsp3) is 0.0952. The Morgan fingerprint density at radius 2 is 1.85 bits per heavy atom. The van der Waals surface area contributed by atoms with E-state index in [0.29, 0.717) is 22.7 Å². The smallest absolute Gasteiger partial charge is 0.294 e. The monoisotopic (exact) mass is 461 g/mol. The molecule has 4 aromatic rings. The molecule has 0 aliphatic heterocycles. The molecule has 0 fully saturated rings. The minimum Gasteiger partial charge on any atom is -0.484 e. The third kappa shape index (κ3) is 4.72. The fourth-order valence-electron chi connectivity index (χ4n) is 2.97. The number of amides is 2. The molecule has 0 saturated carbocycles. The van der Waals surface area contributed by atoms with Crippen molar-refractivity contribution >= 4 is 23.3 Å². The Balaban J connectivity index is 1.57. The Labute approximate surface area is 192 Å². The van der Waals surface area contributed by atoms with E-state index in [0.717, 1.165) is 5.56 Å². The fourth-order valence-corrected chi connectivity index (χ4v) is 2.97. The lowest BCUT2D eigenvalue weighted by Gasteiger charge is -2.07. The van der Waals surface area contributed by atoms with Gasteiger partial charge in [0.05, 0.1) is 5.71 Å². The predicted octanol–water partition coefficient (Wildman–Crippen LogP) is 0.918. The van der Waals surface area contributed by atoms with Crippen LogP contribution in [0.15, 0.2) is 64.3 Å². The molecule has 0 bridgehead atoms. The number of carbonyl (C=O) groups is 2. The van der Waals surface area contributed by atoms with E-state index in [1.807, 2.05) is 6.07 Å². The molecule has 34 heavy (non-hydrogen) atoms. The molecule has 5 N–H and O–H groups in total. The van der Waals surface area contributed by atoms with Gasteiger partial charge in [0, 0.05) is 5.56 Å². The van der Waals surface area contributed by atoms with Crippen LogP contribution < -0.4 is 21.6 Å². The molecule has 0 aliphatic carbocycles. The number of aromatic nitrogens is 5. The summed E-state index contributed by atoms with van der Waals surface area (Å²) in [5.74, 6) is -0.597. The molecule has 2 aromatic carbocycles. The number of carbonyl (C=O) groups excluding carboxylic acids is 2. The zero-order chi connectivity index (χ0) is 24.1. The van der Waals surface area contributed by atoms with Crippen LogP contribution in [0.4, 0.5) is 5.82 Å². The van der Waals surface area contributed by atoms with Crippen molar-refractivity contribution in [3.05, 3.63) is 65.9 Å². The van der Waals surface area contributed by atoms with E-state index in [4.69, 9.17) is 16.2 Å². The quantitative estimate of drug-likeness (QED) is 0.253. The summed E-state index contributed by atoms with van der Waals surface area (Å²) in [6.45, 7) is 1.50. The van der Waals surface area contributed by atoms with Gasteiger partial charge in [0.25, 0.3) is 11.8 Å². The Morgan fingerprint density at radius 1 is 1.12 bits per heavy atom. The molecule has 0 atom stereocenters. The number of nitrogens with zero attached hydrogens (tertiary/aromatic N) is 6. The first kappa shape index (κ1) is 22.1. The number of nitrogen functional groups attached to an aromatic ring is 1. The molecule has 2 aromatic heterocycles. The lowest BCUT2D eigenvalue weighted by molar-refractivity contribution is -0.119. The van der Waals surface area contributed by atoms with Crippen LogP contribution in [0.5, 0.6) is 5.75 Å². The van der Waals surface area contributed by atoms with Crippen molar-refractivity contribution in [2.24, 2.45) is 10.8 Å². The van der Waals surface area contributed by atoms with Gasteiger partial charge in [0.1, 0.15) is 11.4 Å². The minimum atomic E-state index is -0.596. The van der Waals surface area contributed by atoms with E-state index in [-0.39, 0.29) is 23.9 Å². The van der Waals surface area contributed by atoms with Gasteiger partial charge in [0.15, 0.2) is 12.3 Å². The highest BCUT2D eigenvalue weighted by Crippen LogP contribution is 2.26. The first-order valence-corrected chi connectivity index (χ1v) is 9.89. The highest BCUT2D eigenvalue weighted by molar-refractivity contribution is 6.02. The first-order chi connectivity index (χ1) is 16.4. The van der Waals surface area contributed by atoms with Gasteiger partial charge < -0.3 is 16.2 Å².